The van der Waals surface area contributed by atoms with Gasteiger partial charge in [-0.2, -0.15) is 0 Å². The Kier molecular flexibility index (Phi) is 5.00. The zero-order valence-electron chi connectivity index (χ0n) is 8.43. The average molecular weight is 399 g/mol. The normalized spacial score (nSPS) is 14.7. The molecular weight excluding hydrogens is 388 g/mol. The molecule has 1 nitrogen and oxygen atoms in total. The number of hydrogen-bond donors (Lipinski definition) is 0. The van der Waals surface area contributed by atoms with E-state index in [0.29, 0.717) is 0 Å². The largest absolute Gasteiger partial charge is 0.299 e. The van der Waals surface area contributed by atoms with E-state index in [1.54, 1.807) is 6.92 Å². The second kappa shape index (κ2) is 5.60. The first kappa shape index (κ1) is 13.4. The Morgan fingerprint density at radius 3 is 2.40 bits per heavy atom. The molecule has 0 saturated carbocycles. The zero-order chi connectivity index (χ0) is 11.6. The monoisotopic (exact) mass is 396 g/mol. The number of benzene rings is 1. The lowest BCUT2D eigenvalue weighted by atomic mass is 9.96. The number of rotatable bonds is 3. The molecule has 1 aromatic carbocycles. The average Bonchev–Trinajstić information content (AvgIpc) is 2.15. The summed E-state index contributed by atoms with van der Waals surface area (Å²) in [7, 11) is 0. The van der Waals surface area contributed by atoms with Gasteiger partial charge in [-0.05, 0) is 24.6 Å². The topological polar surface area (TPSA) is 17.1 Å². The highest BCUT2D eigenvalue weighted by atomic mass is 79.9. The summed E-state index contributed by atoms with van der Waals surface area (Å²) in [5.74, 6) is 0.308. The Labute approximate surface area is 115 Å². The highest BCUT2D eigenvalue weighted by Gasteiger charge is 2.21. The van der Waals surface area contributed by atoms with Crippen molar-refractivity contribution in [3.05, 3.63) is 32.7 Å². The van der Waals surface area contributed by atoms with E-state index < -0.39 is 0 Å². The lowest BCUT2D eigenvalue weighted by molar-refractivity contribution is -0.116. The van der Waals surface area contributed by atoms with Crippen LogP contribution in [0.2, 0.25) is 0 Å². The summed E-state index contributed by atoms with van der Waals surface area (Å²) >= 11 is 10.3. The maximum Gasteiger partial charge on any atom is 0.144 e. The lowest BCUT2D eigenvalue weighted by Crippen LogP contribution is -2.17. The Morgan fingerprint density at radius 1 is 1.33 bits per heavy atom. The van der Waals surface area contributed by atoms with Crippen molar-refractivity contribution >= 4 is 53.6 Å². The van der Waals surface area contributed by atoms with E-state index in [1.165, 1.54) is 0 Å². The van der Waals surface area contributed by atoms with Crippen LogP contribution < -0.4 is 0 Å². The number of Topliss-reactive ketones (excluding diaryl/α,β-unsaturated/α-hetero) is 1. The van der Waals surface area contributed by atoms with Crippen LogP contribution in [0.4, 0.5) is 0 Å². The molecule has 0 spiro atoms. The fourth-order valence-electron chi connectivity index (χ4n) is 1.38. The van der Waals surface area contributed by atoms with Gasteiger partial charge in [0.1, 0.15) is 5.78 Å². The molecule has 0 N–H and O–H groups in total. The van der Waals surface area contributed by atoms with E-state index in [2.05, 4.69) is 47.8 Å². The van der Waals surface area contributed by atoms with Gasteiger partial charge in [0.2, 0.25) is 0 Å². The third-order valence-corrected chi connectivity index (χ3v) is 4.90. The van der Waals surface area contributed by atoms with E-state index in [-0.39, 0.29) is 16.5 Å². The number of hydrogen-bond acceptors (Lipinski definition) is 1. The van der Waals surface area contributed by atoms with Crippen molar-refractivity contribution in [1.82, 2.24) is 0 Å². The van der Waals surface area contributed by atoms with Crippen LogP contribution in [-0.4, -0.2) is 10.6 Å². The Bertz CT molecular complexity index is 376. The van der Waals surface area contributed by atoms with E-state index >= 15 is 0 Å². The molecule has 0 aromatic heterocycles. The predicted molar refractivity (Wildman–Crippen MR) is 73.7 cm³/mol. The van der Waals surface area contributed by atoms with Crippen LogP contribution in [0, 0.1) is 0 Å². The first-order valence-corrected chi connectivity index (χ1v) is 7.03. The Hall–Kier alpha value is 0.330. The number of halogens is 3. The summed E-state index contributed by atoms with van der Waals surface area (Å²) in [4.78, 5) is 11.1. The fourth-order valence-corrected chi connectivity index (χ4v) is 3.07. The molecule has 0 bridgehead atoms. The van der Waals surface area contributed by atoms with Crippen molar-refractivity contribution in [2.75, 3.05) is 0 Å². The van der Waals surface area contributed by atoms with Gasteiger partial charge in [0.15, 0.2) is 0 Å². The first-order valence-electron chi connectivity index (χ1n) is 4.53. The Morgan fingerprint density at radius 2 is 1.93 bits per heavy atom. The van der Waals surface area contributed by atoms with Crippen molar-refractivity contribution < 1.29 is 4.79 Å². The van der Waals surface area contributed by atoms with Crippen molar-refractivity contribution in [1.29, 1.82) is 0 Å². The van der Waals surface area contributed by atoms with E-state index in [1.807, 2.05) is 25.1 Å². The van der Waals surface area contributed by atoms with Gasteiger partial charge in [0.25, 0.3) is 0 Å². The molecule has 1 rings (SSSR count). The summed E-state index contributed by atoms with van der Waals surface area (Å²) in [5, 5.41) is 0. The highest BCUT2D eigenvalue weighted by molar-refractivity contribution is 9.11. The van der Waals surface area contributed by atoms with Crippen LogP contribution in [0.15, 0.2) is 27.1 Å². The molecular formula is C11H11Br3O. The number of alkyl halides is 1. The van der Waals surface area contributed by atoms with Gasteiger partial charge in [-0.1, -0.05) is 60.8 Å². The van der Waals surface area contributed by atoms with Gasteiger partial charge in [-0.15, -0.1) is 0 Å². The minimum atomic E-state index is -0.130. The highest BCUT2D eigenvalue weighted by Crippen LogP contribution is 2.32. The molecule has 0 radical (unpaired) electrons. The minimum Gasteiger partial charge on any atom is -0.299 e. The maximum absolute atomic E-state index is 11.3. The van der Waals surface area contributed by atoms with Crippen molar-refractivity contribution in [2.24, 2.45) is 0 Å². The fraction of sp³-hybridized carbons (Fsp3) is 0.364. The molecule has 4 heteroatoms. The molecule has 0 amide bonds. The van der Waals surface area contributed by atoms with Crippen LogP contribution in [0.25, 0.3) is 0 Å². The smallest absolute Gasteiger partial charge is 0.144 e. The summed E-state index contributed by atoms with van der Waals surface area (Å²) < 4.78 is 2.05. The quantitative estimate of drug-likeness (QED) is 0.676. The summed E-state index contributed by atoms with van der Waals surface area (Å²) in [6, 6.07) is 6.00. The van der Waals surface area contributed by atoms with Crippen LogP contribution >= 0.6 is 47.8 Å². The lowest BCUT2D eigenvalue weighted by Gasteiger charge is -2.17. The predicted octanol–water partition coefficient (Wildman–Crippen LogP) is 4.67. The molecule has 0 aliphatic heterocycles. The van der Waals surface area contributed by atoms with Crippen molar-refractivity contribution in [2.45, 2.75) is 24.6 Å². The van der Waals surface area contributed by atoms with Gasteiger partial charge in [-0.25, -0.2) is 0 Å². The van der Waals surface area contributed by atoms with Crippen molar-refractivity contribution in [3.8, 4) is 0 Å². The van der Waals surface area contributed by atoms with Gasteiger partial charge in [-0.3, -0.25) is 4.79 Å². The van der Waals surface area contributed by atoms with Crippen LogP contribution in [0.3, 0.4) is 0 Å². The SMILES string of the molecule is CC(=O)C(Br)C(C)c1ccc(Br)cc1Br. The molecule has 0 fully saturated rings. The maximum atomic E-state index is 11.3. The standard InChI is InChI=1S/C11H11Br3O/c1-6(11(14)7(2)15)9-4-3-8(12)5-10(9)13/h3-6,11H,1-2H3. The molecule has 82 valence electrons. The molecule has 2 atom stereocenters. The molecule has 0 saturated heterocycles. The zero-order valence-corrected chi connectivity index (χ0v) is 13.2. The third kappa shape index (κ3) is 3.40. The molecule has 1 aromatic rings. The number of ketones is 1. The number of carbonyl (C=O) groups is 1. The van der Waals surface area contributed by atoms with Gasteiger partial charge < -0.3 is 0 Å². The van der Waals surface area contributed by atoms with Gasteiger partial charge >= 0.3 is 0 Å². The van der Waals surface area contributed by atoms with Crippen LogP contribution in [0.5, 0.6) is 0 Å². The first-order chi connectivity index (χ1) is 6.93. The van der Waals surface area contributed by atoms with Gasteiger partial charge in [0.05, 0.1) is 4.83 Å². The molecule has 0 aliphatic rings. The van der Waals surface area contributed by atoms with E-state index in [4.69, 9.17) is 0 Å². The van der Waals surface area contributed by atoms with Crippen LogP contribution in [-0.2, 0) is 4.79 Å². The summed E-state index contributed by atoms with van der Waals surface area (Å²) in [6.07, 6.45) is 0. The number of carbonyl (C=O) groups excluding carboxylic acids is 1. The second-order valence-corrected chi connectivity index (χ2v) is 6.22. The van der Waals surface area contributed by atoms with E-state index in [9.17, 15) is 4.79 Å². The molecule has 0 aliphatic carbocycles. The summed E-state index contributed by atoms with van der Waals surface area (Å²) in [6.45, 7) is 3.64. The van der Waals surface area contributed by atoms with E-state index in [0.717, 1.165) is 14.5 Å². The van der Waals surface area contributed by atoms with Crippen molar-refractivity contribution in [3.63, 3.8) is 0 Å². The van der Waals surface area contributed by atoms with Crippen LogP contribution in [0.1, 0.15) is 25.3 Å². The molecule has 2 unspecified atom stereocenters. The molecule has 15 heavy (non-hydrogen) atoms. The second-order valence-electron chi connectivity index (χ2n) is 3.47. The summed E-state index contributed by atoms with van der Waals surface area (Å²) in [5.41, 5.74) is 1.13. The third-order valence-electron chi connectivity index (χ3n) is 2.28. The molecule has 0 heterocycles. The van der Waals surface area contributed by atoms with Gasteiger partial charge in [0, 0.05) is 14.9 Å². The Balaban J connectivity index is 3.01. The minimum absolute atomic E-state index is 0.130.